The van der Waals surface area contributed by atoms with Crippen molar-refractivity contribution in [1.82, 2.24) is 19.7 Å². The minimum atomic E-state index is -0.600. The smallest absolute Gasteiger partial charge is 0.341 e. The molecular formula is C19H27N5O4S2. The SMILES string of the molecule is CCn1c(SCC(=O)Nc2sc(C(=O)N(C)C)c(C)c2C(=O)OC)nnc1C(C)C. The molecule has 1 N–H and O–H groups in total. The zero-order valence-corrected chi connectivity index (χ0v) is 19.9. The summed E-state index contributed by atoms with van der Waals surface area (Å²) in [5, 5.41) is 12.1. The van der Waals surface area contributed by atoms with Crippen LogP contribution in [0.25, 0.3) is 0 Å². The van der Waals surface area contributed by atoms with Gasteiger partial charge in [0.25, 0.3) is 5.91 Å². The number of rotatable bonds is 8. The van der Waals surface area contributed by atoms with Crippen LogP contribution in [0.15, 0.2) is 5.16 Å². The van der Waals surface area contributed by atoms with Crippen molar-refractivity contribution in [1.29, 1.82) is 0 Å². The van der Waals surface area contributed by atoms with E-state index in [-0.39, 0.29) is 29.0 Å². The highest BCUT2D eigenvalue weighted by Crippen LogP contribution is 2.34. The van der Waals surface area contributed by atoms with Crippen LogP contribution < -0.4 is 5.32 Å². The molecular weight excluding hydrogens is 426 g/mol. The van der Waals surface area contributed by atoms with Gasteiger partial charge >= 0.3 is 5.97 Å². The first kappa shape index (κ1) is 23.9. The largest absolute Gasteiger partial charge is 0.465 e. The number of nitrogens with one attached hydrogen (secondary N) is 1. The van der Waals surface area contributed by atoms with Gasteiger partial charge in [-0.1, -0.05) is 25.6 Å². The van der Waals surface area contributed by atoms with E-state index in [1.54, 1.807) is 21.0 Å². The molecule has 9 nitrogen and oxygen atoms in total. The van der Waals surface area contributed by atoms with Gasteiger partial charge in [-0.3, -0.25) is 9.59 Å². The molecule has 2 amide bonds. The van der Waals surface area contributed by atoms with E-state index in [1.165, 1.54) is 23.8 Å². The van der Waals surface area contributed by atoms with Gasteiger partial charge in [0.15, 0.2) is 5.16 Å². The Bertz CT molecular complexity index is 949. The summed E-state index contributed by atoms with van der Waals surface area (Å²) < 4.78 is 6.82. The van der Waals surface area contributed by atoms with Crippen molar-refractivity contribution < 1.29 is 19.1 Å². The number of nitrogens with zero attached hydrogens (tertiary/aromatic N) is 4. The second-order valence-corrected chi connectivity index (χ2v) is 8.99. The van der Waals surface area contributed by atoms with Crippen LogP contribution in [0.1, 0.15) is 58.1 Å². The molecule has 0 fully saturated rings. The van der Waals surface area contributed by atoms with E-state index in [1.807, 2.05) is 25.3 Å². The third kappa shape index (κ3) is 5.01. The number of amides is 2. The van der Waals surface area contributed by atoms with E-state index in [4.69, 9.17) is 4.74 Å². The second-order valence-electron chi connectivity index (χ2n) is 7.03. The third-order valence-electron chi connectivity index (χ3n) is 4.30. The normalized spacial score (nSPS) is 10.9. The Morgan fingerprint density at radius 3 is 2.47 bits per heavy atom. The average molecular weight is 454 g/mol. The van der Waals surface area contributed by atoms with Crippen molar-refractivity contribution in [3.8, 4) is 0 Å². The van der Waals surface area contributed by atoms with Gasteiger partial charge < -0.3 is 19.5 Å². The number of thioether (sulfide) groups is 1. The van der Waals surface area contributed by atoms with Crippen LogP contribution in [-0.2, 0) is 16.1 Å². The van der Waals surface area contributed by atoms with Gasteiger partial charge in [-0.2, -0.15) is 0 Å². The number of anilines is 1. The minimum absolute atomic E-state index is 0.0880. The highest BCUT2D eigenvalue weighted by molar-refractivity contribution is 7.99. The van der Waals surface area contributed by atoms with Gasteiger partial charge in [0.1, 0.15) is 10.8 Å². The molecule has 0 radical (unpaired) electrons. The fraction of sp³-hybridized carbons (Fsp3) is 0.526. The van der Waals surface area contributed by atoms with Gasteiger partial charge in [0.2, 0.25) is 5.91 Å². The number of methoxy groups -OCH3 is 1. The number of aromatic nitrogens is 3. The number of carbonyl (C=O) groups is 3. The van der Waals surface area contributed by atoms with E-state index in [0.29, 0.717) is 27.1 Å². The van der Waals surface area contributed by atoms with Gasteiger partial charge in [-0.05, 0) is 19.4 Å². The Kier molecular flexibility index (Phi) is 8.02. The van der Waals surface area contributed by atoms with Gasteiger partial charge in [-0.15, -0.1) is 21.5 Å². The Morgan fingerprint density at radius 2 is 1.93 bits per heavy atom. The molecule has 0 aliphatic carbocycles. The monoisotopic (exact) mass is 453 g/mol. The Hall–Kier alpha value is -2.40. The fourth-order valence-electron chi connectivity index (χ4n) is 2.78. The van der Waals surface area contributed by atoms with E-state index >= 15 is 0 Å². The number of carbonyl (C=O) groups excluding carboxylic acids is 3. The molecule has 0 unspecified atom stereocenters. The fourth-order valence-corrected chi connectivity index (χ4v) is 4.82. The molecule has 0 spiro atoms. The highest BCUT2D eigenvalue weighted by Gasteiger charge is 2.27. The molecule has 164 valence electrons. The Morgan fingerprint density at radius 1 is 1.27 bits per heavy atom. The molecule has 2 aromatic heterocycles. The molecule has 11 heteroatoms. The van der Waals surface area contributed by atoms with E-state index in [2.05, 4.69) is 15.5 Å². The van der Waals surface area contributed by atoms with Gasteiger partial charge in [-0.25, -0.2) is 4.79 Å². The first-order chi connectivity index (χ1) is 14.1. The molecule has 2 rings (SSSR count). The maximum absolute atomic E-state index is 12.6. The lowest BCUT2D eigenvalue weighted by Gasteiger charge is -2.09. The zero-order chi connectivity index (χ0) is 22.6. The summed E-state index contributed by atoms with van der Waals surface area (Å²) in [5.41, 5.74) is 0.686. The average Bonchev–Trinajstić information content (AvgIpc) is 3.25. The Balaban J connectivity index is 2.21. The summed E-state index contributed by atoms with van der Waals surface area (Å²) in [6.07, 6.45) is 0. The predicted octanol–water partition coefficient (Wildman–Crippen LogP) is 3.01. The highest BCUT2D eigenvalue weighted by atomic mass is 32.2. The Labute approximate surface area is 184 Å². The third-order valence-corrected chi connectivity index (χ3v) is 6.46. The predicted molar refractivity (Wildman–Crippen MR) is 118 cm³/mol. The maximum Gasteiger partial charge on any atom is 0.341 e. The number of thiophene rings is 1. The lowest BCUT2D eigenvalue weighted by molar-refractivity contribution is -0.113. The maximum atomic E-state index is 12.6. The van der Waals surface area contributed by atoms with Crippen LogP contribution in [0.2, 0.25) is 0 Å². The number of esters is 1. The molecule has 2 heterocycles. The van der Waals surface area contributed by atoms with Crippen LogP contribution in [0, 0.1) is 6.92 Å². The van der Waals surface area contributed by atoms with E-state index in [9.17, 15) is 14.4 Å². The lowest BCUT2D eigenvalue weighted by atomic mass is 10.1. The van der Waals surface area contributed by atoms with E-state index < -0.39 is 5.97 Å². The van der Waals surface area contributed by atoms with Gasteiger partial charge in [0, 0.05) is 26.6 Å². The summed E-state index contributed by atoms with van der Waals surface area (Å²) in [5.74, 6) is 0.0304. The summed E-state index contributed by atoms with van der Waals surface area (Å²) in [6, 6.07) is 0. The summed E-state index contributed by atoms with van der Waals surface area (Å²) in [4.78, 5) is 39.1. The molecule has 0 aromatic carbocycles. The van der Waals surface area contributed by atoms with Crippen LogP contribution in [0.5, 0.6) is 0 Å². The molecule has 30 heavy (non-hydrogen) atoms. The van der Waals surface area contributed by atoms with E-state index in [0.717, 1.165) is 17.2 Å². The van der Waals surface area contributed by atoms with Crippen molar-refractivity contribution in [2.24, 2.45) is 0 Å². The molecule has 2 aromatic rings. The van der Waals surface area contributed by atoms with Crippen molar-refractivity contribution in [3.63, 3.8) is 0 Å². The molecule has 0 aliphatic heterocycles. The molecule has 0 bridgehead atoms. The lowest BCUT2D eigenvalue weighted by Crippen LogP contribution is -2.21. The number of hydrogen-bond donors (Lipinski definition) is 1. The molecule has 0 saturated heterocycles. The first-order valence-corrected chi connectivity index (χ1v) is 11.2. The second kappa shape index (κ2) is 10.1. The molecule has 0 aliphatic rings. The first-order valence-electron chi connectivity index (χ1n) is 9.41. The quantitative estimate of drug-likeness (QED) is 0.484. The molecule has 0 saturated carbocycles. The minimum Gasteiger partial charge on any atom is -0.465 e. The van der Waals surface area contributed by atoms with Crippen LogP contribution in [0.4, 0.5) is 5.00 Å². The number of hydrogen-bond acceptors (Lipinski definition) is 8. The summed E-state index contributed by atoms with van der Waals surface area (Å²) in [6.45, 7) is 8.45. The summed E-state index contributed by atoms with van der Waals surface area (Å²) in [7, 11) is 4.52. The van der Waals surface area contributed by atoms with Crippen LogP contribution in [-0.4, -0.2) is 64.4 Å². The number of ether oxygens (including phenoxy) is 1. The summed E-state index contributed by atoms with van der Waals surface area (Å²) >= 11 is 2.34. The zero-order valence-electron chi connectivity index (χ0n) is 18.2. The van der Waals surface area contributed by atoms with Crippen molar-refractivity contribution in [2.75, 3.05) is 32.3 Å². The van der Waals surface area contributed by atoms with Crippen LogP contribution in [0.3, 0.4) is 0 Å². The standard InChI is InChI=1S/C19H27N5O4S2/c1-8-24-15(10(2)3)21-22-19(24)29-9-12(25)20-16-13(18(27)28-7)11(4)14(30-16)17(26)23(5)6/h10H,8-9H2,1-7H3,(H,20,25). The van der Waals surface area contributed by atoms with Crippen molar-refractivity contribution in [3.05, 3.63) is 21.8 Å². The van der Waals surface area contributed by atoms with Crippen molar-refractivity contribution >= 4 is 45.9 Å². The van der Waals surface area contributed by atoms with Gasteiger partial charge in [0.05, 0.1) is 23.3 Å². The topological polar surface area (TPSA) is 106 Å². The van der Waals surface area contributed by atoms with Crippen molar-refractivity contribution in [2.45, 2.75) is 45.3 Å². The molecule has 0 atom stereocenters. The van der Waals surface area contributed by atoms with Crippen LogP contribution >= 0.6 is 23.1 Å².